The average molecular weight is 291 g/mol. The van der Waals surface area contributed by atoms with E-state index in [1.807, 2.05) is 0 Å². The van der Waals surface area contributed by atoms with Crippen LogP contribution in [0, 0.1) is 6.92 Å². The Morgan fingerprint density at radius 3 is 2.60 bits per heavy atom. The highest BCUT2D eigenvalue weighted by atomic mass is 32.1. The molecule has 0 aliphatic heterocycles. The van der Waals surface area contributed by atoms with Crippen LogP contribution in [0.4, 0.5) is 0 Å². The fourth-order valence-corrected chi connectivity index (χ4v) is 2.59. The van der Waals surface area contributed by atoms with Crippen LogP contribution in [0.25, 0.3) is 0 Å². The third kappa shape index (κ3) is 4.36. The van der Waals surface area contributed by atoms with Gasteiger partial charge in [-0.3, -0.25) is 0 Å². The minimum Gasteiger partial charge on any atom is -0.492 e. The van der Waals surface area contributed by atoms with Crippen molar-refractivity contribution in [3.05, 3.63) is 51.7 Å². The second-order valence-electron chi connectivity index (χ2n) is 4.37. The largest absolute Gasteiger partial charge is 0.492 e. The number of carboxylic acid groups (broad SMARTS) is 1. The van der Waals surface area contributed by atoms with E-state index in [1.165, 1.54) is 9.75 Å². The minimum atomic E-state index is -0.926. The first-order chi connectivity index (χ1) is 9.65. The summed E-state index contributed by atoms with van der Waals surface area (Å²) in [5.74, 6) is -0.242. The number of ether oxygens (including phenoxy) is 1. The van der Waals surface area contributed by atoms with Crippen LogP contribution in [0.3, 0.4) is 0 Å². The zero-order valence-corrected chi connectivity index (χ0v) is 12.1. The van der Waals surface area contributed by atoms with E-state index in [4.69, 9.17) is 9.84 Å². The van der Waals surface area contributed by atoms with Crippen molar-refractivity contribution in [2.45, 2.75) is 13.5 Å². The van der Waals surface area contributed by atoms with Gasteiger partial charge in [-0.15, -0.1) is 11.3 Å². The lowest BCUT2D eigenvalue weighted by molar-refractivity contribution is 0.0697. The normalized spacial score (nSPS) is 10.4. The molecule has 0 unspecified atom stereocenters. The van der Waals surface area contributed by atoms with E-state index in [9.17, 15) is 4.79 Å². The predicted octanol–water partition coefficient (Wildman–Crippen LogP) is 2.92. The molecule has 5 heteroatoms. The highest BCUT2D eigenvalue weighted by Gasteiger charge is 2.02. The van der Waals surface area contributed by atoms with Gasteiger partial charge >= 0.3 is 5.97 Å². The molecule has 2 aromatic rings. The summed E-state index contributed by atoms with van der Waals surface area (Å²) in [6, 6.07) is 10.7. The maximum atomic E-state index is 10.7. The molecular formula is C15H17NO3S. The molecule has 0 radical (unpaired) electrons. The summed E-state index contributed by atoms with van der Waals surface area (Å²) in [7, 11) is 0. The number of aryl methyl sites for hydroxylation is 1. The van der Waals surface area contributed by atoms with Gasteiger partial charge in [-0.05, 0) is 43.3 Å². The van der Waals surface area contributed by atoms with E-state index in [1.54, 1.807) is 35.6 Å². The highest BCUT2D eigenvalue weighted by Crippen LogP contribution is 2.14. The SMILES string of the molecule is Cc1ccc(CNCCOc2ccc(C(=O)O)cc2)s1. The van der Waals surface area contributed by atoms with Crippen LogP contribution in [0.2, 0.25) is 0 Å². The molecule has 1 aromatic heterocycles. The van der Waals surface area contributed by atoms with Crippen LogP contribution in [0.5, 0.6) is 5.75 Å². The number of rotatable bonds is 7. The van der Waals surface area contributed by atoms with E-state index >= 15 is 0 Å². The van der Waals surface area contributed by atoms with E-state index in [2.05, 4.69) is 24.4 Å². The van der Waals surface area contributed by atoms with Crippen LogP contribution >= 0.6 is 11.3 Å². The maximum absolute atomic E-state index is 10.7. The van der Waals surface area contributed by atoms with Gasteiger partial charge in [-0.2, -0.15) is 0 Å². The maximum Gasteiger partial charge on any atom is 0.335 e. The molecule has 20 heavy (non-hydrogen) atoms. The van der Waals surface area contributed by atoms with Gasteiger partial charge in [0.2, 0.25) is 0 Å². The molecule has 0 atom stereocenters. The van der Waals surface area contributed by atoms with E-state index in [0.717, 1.165) is 13.1 Å². The Balaban J connectivity index is 1.66. The fourth-order valence-electron chi connectivity index (χ4n) is 1.73. The molecule has 1 heterocycles. The molecule has 4 nitrogen and oxygen atoms in total. The van der Waals surface area contributed by atoms with Crippen LogP contribution in [0.1, 0.15) is 20.1 Å². The number of carboxylic acids is 1. The number of hydrogen-bond acceptors (Lipinski definition) is 4. The van der Waals surface area contributed by atoms with Crippen molar-refractivity contribution in [3.8, 4) is 5.75 Å². The number of nitrogens with one attached hydrogen (secondary N) is 1. The van der Waals surface area contributed by atoms with Gasteiger partial charge in [0.15, 0.2) is 0 Å². The van der Waals surface area contributed by atoms with E-state index < -0.39 is 5.97 Å². The van der Waals surface area contributed by atoms with Crippen LogP contribution < -0.4 is 10.1 Å². The quantitative estimate of drug-likeness (QED) is 0.770. The molecule has 0 bridgehead atoms. The topological polar surface area (TPSA) is 58.6 Å². The molecule has 1 aromatic carbocycles. The zero-order chi connectivity index (χ0) is 14.4. The third-order valence-electron chi connectivity index (χ3n) is 2.74. The molecular weight excluding hydrogens is 274 g/mol. The van der Waals surface area contributed by atoms with Gasteiger partial charge < -0.3 is 15.2 Å². The lowest BCUT2D eigenvalue weighted by atomic mass is 10.2. The van der Waals surface area contributed by atoms with E-state index in [0.29, 0.717) is 12.4 Å². The Bertz CT molecular complexity index is 563. The number of thiophene rings is 1. The monoisotopic (exact) mass is 291 g/mol. The zero-order valence-electron chi connectivity index (χ0n) is 11.3. The van der Waals surface area contributed by atoms with Gasteiger partial charge in [0.05, 0.1) is 5.56 Å². The first kappa shape index (κ1) is 14.6. The van der Waals surface area contributed by atoms with Crippen LogP contribution in [-0.4, -0.2) is 24.2 Å². The minimum absolute atomic E-state index is 0.267. The number of carbonyl (C=O) groups is 1. The first-order valence-corrected chi connectivity index (χ1v) is 7.19. The Morgan fingerprint density at radius 2 is 2.00 bits per heavy atom. The van der Waals surface area contributed by atoms with Crippen molar-refractivity contribution in [2.24, 2.45) is 0 Å². The van der Waals surface area contributed by atoms with Crippen molar-refractivity contribution in [3.63, 3.8) is 0 Å². The predicted molar refractivity (Wildman–Crippen MR) is 79.7 cm³/mol. The van der Waals surface area contributed by atoms with Gasteiger partial charge in [0.1, 0.15) is 12.4 Å². The third-order valence-corrected chi connectivity index (χ3v) is 3.74. The van der Waals surface area contributed by atoms with Crippen LogP contribution in [-0.2, 0) is 6.54 Å². The molecule has 2 rings (SSSR count). The van der Waals surface area contributed by atoms with Crippen molar-refractivity contribution in [1.82, 2.24) is 5.32 Å². The first-order valence-electron chi connectivity index (χ1n) is 6.37. The fraction of sp³-hybridized carbons (Fsp3) is 0.267. The number of hydrogen-bond donors (Lipinski definition) is 2. The molecule has 2 N–H and O–H groups in total. The molecule has 106 valence electrons. The summed E-state index contributed by atoms with van der Waals surface area (Å²) in [6.07, 6.45) is 0. The van der Waals surface area contributed by atoms with Crippen molar-refractivity contribution >= 4 is 17.3 Å². The Morgan fingerprint density at radius 1 is 1.25 bits per heavy atom. The second-order valence-corrected chi connectivity index (χ2v) is 5.74. The number of benzene rings is 1. The average Bonchev–Trinajstić information content (AvgIpc) is 2.84. The summed E-state index contributed by atoms with van der Waals surface area (Å²) < 4.78 is 5.53. The second kappa shape index (κ2) is 7.07. The Kier molecular flexibility index (Phi) is 5.15. The van der Waals surface area contributed by atoms with Gasteiger partial charge in [-0.1, -0.05) is 0 Å². The summed E-state index contributed by atoms with van der Waals surface area (Å²) >= 11 is 1.79. The van der Waals surface area contributed by atoms with Gasteiger partial charge in [0.25, 0.3) is 0 Å². The Labute approximate surface area is 122 Å². The summed E-state index contributed by atoms with van der Waals surface area (Å²) in [5, 5.41) is 12.1. The molecule has 0 saturated carbocycles. The lowest BCUT2D eigenvalue weighted by Crippen LogP contribution is -2.20. The van der Waals surface area contributed by atoms with Crippen molar-refractivity contribution in [1.29, 1.82) is 0 Å². The lowest BCUT2D eigenvalue weighted by Gasteiger charge is -2.07. The standard InChI is InChI=1S/C15H17NO3S/c1-11-2-7-14(20-11)10-16-8-9-19-13-5-3-12(4-6-13)15(17)18/h2-7,16H,8-10H2,1H3,(H,17,18). The summed E-state index contributed by atoms with van der Waals surface area (Å²) in [6.45, 7) is 4.24. The molecule has 0 fully saturated rings. The van der Waals surface area contributed by atoms with Gasteiger partial charge in [-0.25, -0.2) is 4.79 Å². The van der Waals surface area contributed by atoms with E-state index in [-0.39, 0.29) is 5.56 Å². The van der Waals surface area contributed by atoms with Crippen molar-refractivity contribution in [2.75, 3.05) is 13.2 Å². The number of aromatic carboxylic acids is 1. The summed E-state index contributed by atoms with van der Waals surface area (Å²) in [4.78, 5) is 13.3. The van der Waals surface area contributed by atoms with Crippen LogP contribution in [0.15, 0.2) is 36.4 Å². The molecule has 0 aliphatic carbocycles. The smallest absolute Gasteiger partial charge is 0.335 e. The molecule has 0 spiro atoms. The molecule has 0 amide bonds. The molecule has 0 aliphatic rings. The summed E-state index contributed by atoms with van der Waals surface area (Å²) in [5.41, 5.74) is 0.267. The van der Waals surface area contributed by atoms with Gasteiger partial charge in [0, 0.05) is 22.8 Å². The Hall–Kier alpha value is -1.85. The van der Waals surface area contributed by atoms with Crippen molar-refractivity contribution < 1.29 is 14.6 Å². The highest BCUT2D eigenvalue weighted by molar-refractivity contribution is 7.11. The molecule has 0 saturated heterocycles.